The molecule has 0 aromatic carbocycles. The zero-order valence-electron chi connectivity index (χ0n) is 13.0. The lowest BCUT2D eigenvalue weighted by atomic mass is 9.89. The Morgan fingerprint density at radius 3 is 2.63 bits per heavy atom. The van der Waals surface area contributed by atoms with Gasteiger partial charge in [-0.25, -0.2) is 0 Å². The highest BCUT2D eigenvalue weighted by Crippen LogP contribution is 2.28. The minimum absolute atomic E-state index is 0.537. The average molecular weight is 267 g/mol. The van der Waals surface area contributed by atoms with Crippen molar-refractivity contribution >= 4 is 0 Å². The summed E-state index contributed by atoms with van der Waals surface area (Å²) >= 11 is 0. The molecule has 3 atom stereocenters. The van der Waals surface area contributed by atoms with Gasteiger partial charge in [-0.15, -0.1) is 0 Å². The zero-order chi connectivity index (χ0) is 13.5. The zero-order valence-corrected chi connectivity index (χ0v) is 13.0. The Hall–Kier alpha value is -0.0800. The van der Waals surface area contributed by atoms with E-state index >= 15 is 0 Å². The summed E-state index contributed by atoms with van der Waals surface area (Å²) in [5.41, 5.74) is 0. The first-order chi connectivity index (χ1) is 9.25. The van der Waals surface area contributed by atoms with E-state index in [1.165, 1.54) is 57.8 Å². The van der Waals surface area contributed by atoms with E-state index in [9.17, 15) is 0 Å². The van der Waals surface area contributed by atoms with Gasteiger partial charge in [0.25, 0.3) is 0 Å². The molecule has 2 rings (SSSR count). The quantitative estimate of drug-likeness (QED) is 0.756. The molecule has 1 aliphatic carbocycles. The lowest BCUT2D eigenvalue weighted by Crippen LogP contribution is -2.32. The van der Waals surface area contributed by atoms with Crippen LogP contribution in [0.15, 0.2) is 0 Å². The fourth-order valence-corrected chi connectivity index (χ4v) is 3.68. The van der Waals surface area contributed by atoms with Crippen LogP contribution < -0.4 is 5.32 Å². The number of rotatable bonds is 5. The van der Waals surface area contributed by atoms with Crippen LogP contribution in [0.25, 0.3) is 0 Å². The van der Waals surface area contributed by atoms with Gasteiger partial charge in [-0.3, -0.25) is 0 Å². The van der Waals surface area contributed by atoms with Gasteiger partial charge >= 0.3 is 0 Å². The number of hydrogen-bond acceptors (Lipinski definition) is 2. The molecule has 112 valence electrons. The Balaban J connectivity index is 1.60. The van der Waals surface area contributed by atoms with Crippen LogP contribution in [0.5, 0.6) is 0 Å². The van der Waals surface area contributed by atoms with Crippen LogP contribution in [-0.4, -0.2) is 25.3 Å². The number of hydrogen-bond donors (Lipinski definition) is 1. The second kappa shape index (κ2) is 8.26. The van der Waals surface area contributed by atoms with Crippen molar-refractivity contribution in [2.75, 3.05) is 13.2 Å². The summed E-state index contributed by atoms with van der Waals surface area (Å²) in [4.78, 5) is 0. The molecule has 0 bridgehead atoms. The van der Waals surface area contributed by atoms with Gasteiger partial charge in [0, 0.05) is 12.6 Å². The molecule has 0 aromatic rings. The third-order valence-electron chi connectivity index (χ3n) is 5.13. The average Bonchev–Trinajstić information content (AvgIpc) is 2.66. The molecular weight excluding hydrogens is 234 g/mol. The van der Waals surface area contributed by atoms with Crippen molar-refractivity contribution in [2.24, 2.45) is 11.8 Å². The predicted octanol–water partition coefficient (Wildman–Crippen LogP) is 4.14. The lowest BCUT2D eigenvalue weighted by molar-refractivity contribution is 0.0111. The van der Waals surface area contributed by atoms with Crippen molar-refractivity contribution in [3.05, 3.63) is 0 Å². The van der Waals surface area contributed by atoms with Gasteiger partial charge in [0.15, 0.2) is 0 Å². The topological polar surface area (TPSA) is 21.3 Å². The van der Waals surface area contributed by atoms with Crippen molar-refractivity contribution in [2.45, 2.75) is 83.8 Å². The van der Waals surface area contributed by atoms with Gasteiger partial charge in [0.1, 0.15) is 0 Å². The molecule has 0 spiro atoms. The van der Waals surface area contributed by atoms with Crippen LogP contribution in [0.3, 0.4) is 0 Å². The molecule has 19 heavy (non-hydrogen) atoms. The highest BCUT2D eigenvalue weighted by atomic mass is 16.5. The molecule has 0 aromatic heterocycles. The maximum atomic E-state index is 5.80. The highest BCUT2D eigenvalue weighted by molar-refractivity contribution is 4.77. The van der Waals surface area contributed by atoms with E-state index < -0.39 is 0 Å². The Kier molecular flexibility index (Phi) is 6.66. The normalized spacial score (nSPS) is 33.3. The molecular formula is C17H33NO. The van der Waals surface area contributed by atoms with Crippen LogP contribution in [0, 0.1) is 11.8 Å². The Bertz CT molecular complexity index is 235. The van der Waals surface area contributed by atoms with Crippen LogP contribution in [0.2, 0.25) is 0 Å². The van der Waals surface area contributed by atoms with E-state index in [-0.39, 0.29) is 0 Å². The molecule has 1 saturated carbocycles. The first-order valence-corrected chi connectivity index (χ1v) is 8.60. The van der Waals surface area contributed by atoms with Gasteiger partial charge in [-0.1, -0.05) is 26.7 Å². The predicted molar refractivity (Wildman–Crippen MR) is 81.4 cm³/mol. The standard InChI is InChI=1S/C17H33NO/c1-14(2)15-6-5-7-16(10-9-15)18-12-11-17-8-3-4-13-19-17/h14-18H,3-13H2,1-2H3. The fourth-order valence-electron chi connectivity index (χ4n) is 3.68. The van der Waals surface area contributed by atoms with E-state index in [0.717, 1.165) is 31.0 Å². The molecule has 1 saturated heterocycles. The van der Waals surface area contributed by atoms with E-state index in [1.54, 1.807) is 0 Å². The van der Waals surface area contributed by atoms with Gasteiger partial charge in [0.05, 0.1) is 6.10 Å². The molecule has 0 amide bonds. The second-order valence-electron chi connectivity index (χ2n) is 6.94. The first-order valence-electron chi connectivity index (χ1n) is 8.60. The summed E-state index contributed by atoms with van der Waals surface area (Å²) in [5.74, 6) is 1.84. The Labute approximate surface area is 119 Å². The first kappa shape index (κ1) is 15.3. The summed E-state index contributed by atoms with van der Waals surface area (Å²) in [5, 5.41) is 3.79. The Morgan fingerprint density at radius 2 is 1.89 bits per heavy atom. The van der Waals surface area contributed by atoms with Crippen molar-refractivity contribution in [1.29, 1.82) is 0 Å². The summed E-state index contributed by atoms with van der Waals surface area (Å²) in [6, 6.07) is 0.771. The molecule has 2 heteroatoms. The van der Waals surface area contributed by atoms with Crippen molar-refractivity contribution in [1.82, 2.24) is 5.32 Å². The van der Waals surface area contributed by atoms with E-state index in [4.69, 9.17) is 4.74 Å². The van der Waals surface area contributed by atoms with Crippen molar-refractivity contribution in [3.8, 4) is 0 Å². The summed E-state index contributed by atoms with van der Waals surface area (Å²) in [6.45, 7) is 6.92. The lowest BCUT2D eigenvalue weighted by Gasteiger charge is -2.24. The summed E-state index contributed by atoms with van der Waals surface area (Å²) < 4.78 is 5.80. The largest absolute Gasteiger partial charge is 0.378 e. The molecule has 1 N–H and O–H groups in total. The minimum atomic E-state index is 0.537. The van der Waals surface area contributed by atoms with Crippen LogP contribution in [-0.2, 0) is 4.74 Å². The summed E-state index contributed by atoms with van der Waals surface area (Å²) in [7, 11) is 0. The maximum Gasteiger partial charge on any atom is 0.0587 e. The molecule has 2 nitrogen and oxygen atoms in total. The second-order valence-corrected chi connectivity index (χ2v) is 6.94. The third-order valence-corrected chi connectivity index (χ3v) is 5.13. The van der Waals surface area contributed by atoms with Gasteiger partial charge in [0.2, 0.25) is 0 Å². The van der Waals surface area contributed by atoms with Gasteiger partial charge in [-0.2, -0.15) is 0 Å². The monoisotopic (exact) mass is 267 g/mol. The number of ether oxygens (including phenoxy) is 1. The van der Waals surface area contributed by atoms with Crippen LogP contribution >= 0.6 is 0 Å². The maximum absolute atomic E-state index is 5.80. The summed E-state index contributed by atoms with van der Waals surface area (Å²) in [6.07, 6.45) is 12.7. The van der Waals surface area contributed by atoms with Crippen molar-refractivity contribution < 1.29 is 4.74 Å². The van der Waals surface area contributed by atoms with Crippen molar-refractivity contribution in [3.63, 3.8) is 0 Å². The smallest absolute Gasteiger partial charge is 0.0587 e. The molecule has 1 heterocycles. The minimum Gasteiger partial charge on any atom is -0.378 e. The molecule has 0 radical (unpaired) electrons. The van der Waals surface area contributed by atoms with E-state index in [1.807, 2.05) is 0 Å². The Morgan fingerprint density at radius 1 is 1.00 bits per heavy atom. The SMILES string of the molecule is CC(C)C1CCCC(NCCC2CCCCO2)CC1. The molecule has 3 unspecified atom stereocenters. The third kappa shape index (κ3) is 5.43. The van der Waals surface area contributed by atoms with Gasteiger partial charge in [-0.05, 0) is 63.3 Å². The van der Waals surface area contributed by atoms with E-state index in [0.29, 0.717) is 6.10 Å². The molecule has 2 aliphatic rings. The van der Waals surface area contributed by atoms with Crippen LogP contribution in [0.1, 0.15) is 71.6 Å². The molecule has 2 fully saturated rings. The molecule has 1 aliphatic heterocycles. The van der Waals surface area contributed by atoms with E-state index in [2.05, 4.69) is 19.2 Å². The number of nitrogens with one attached hydrogen (secondary N) is 1. The van der Waals surface area contributed by atoms with Gasteiger partial charge < -0.3 is 10.1 Å². The highest BCUT2D eigenvalue weighted by Gasteiger charge is 2.21. The fraction of sp³-hybridized carbons (Fsp3) is 1.00. The van der Waals surface area contributed by atoms with Crippen LogP contribution in [0.4, 0.5) is 0 Å².